The molecule has 33 heavy (non-hydrogen) atoms. The molecule has 0 heterocycles. The Hall–Kier alpha value is -2.44. The van der Waals surface area contributed by atoms with Crippen molar-refractivity contribution in [2.45, 2.75) is 61.7 Å². The number of esters is 1. The summed E-state index contributed by atoms with van der Waals surface area (Å²) < 4.78 is 99.3. The first-order chi connectivity index (χ1) is 15.0. The predicted molar refractivity (Wildman–Crippen MR) is 114 cm³/mol. The van der Waals surface area contributed by atoms with Crippen LogP contribution in [0.4, 0.5) is 13.2 Å². The Balaban J connectivity index is 2.69. The first-order valence-corrected chi connectivity index (χ1v) is 12.6. The van der Waals surface area contributed by atoms with Gasteiger partial charge in [-0.15, -0.1) is 0 Å². The fourth-order valence-corrected chi connectivity index (χ4v) is 7.27. The zero-order valence-corrected chi connectivity index (χ0v) is 20.0. The van der Waals surface area contributed by atoms with Crippen LogP contribution in [0.1, 0.15) is 39.7 Å². The Morgan fingerprint density at radius 3 is 1.94 bits per heavy atom. The molecule has 0 aliphatic rings. The average Bonchev–Trinajstić information content (AvgIpc) is 2.66. The second-order valence-corrected chi connectivity index (χ2v) is 12.0. The Labute approximate surface area is 191 Å². The van der Waals surface area contributed by atoms with E-state index in [1.165, 1.54) is 18.2 Å². The van der Waals surface area contributed by atoms with E-state index >= 15 is 0 Å². The molecular formula is C21H24F3NO6S2. The molecular weight excluding hydrogens is 483 g/mol. The lowest BCUT2D eigenvalue weighted by molar-refractivity contribution is -0.155. The molecule has 2 aromatic carbocycles. The molecule has 7 nitrogen and oxygen atoms in total. The zero-order valence-electron chi connectivity index (χ0n) is 18.3. The number of carbonyl (C=O) groups excluding carboxylic acids is 1. The maximum absolute atomic E-state index is 13.6. The number of nitrogens with zero attached hydrogens (tertiary/aromatic N) is 1. The molecule has 12 heteroatoms. The van der Waals surface area contributed by atoms with Crippen LogP contribution in [0.3, 0.4) is 0 Å². The molecule has 182 valence electrons. The second-order valence-electron chi connectivity index (χ2n) is 8.18. The average molecular weight is 508 g/mol. The summed E-state index contributed by atoms with van der Waals surface area (Å²) in [6, 6.07) is 8.03. The predicted octanol–water partition coefficient (Wildman–Crippen LogP) is 4.21. The molecule has 1 atom stereocenters. The summed E-state index contributed by atoms with van der Waals surface area (Å²) in [6.07, 6.45) is -5.78. The van der Waals surface area contributed by atoms with E-state index in [-0.39, 0.29) is 3.71 Å². The van der Waals surface area contributed by atoms with Crippen LogP contribution >= 0.6 is 0 Å². The largest absolute Gasteiger partial charge is 0.460 e. The van der Waals surface area contributed by atoms with Gasteiger partial charge in [-0.2, -0.15) is 13.2 Å². The lowest BCUT2D eigenvalue weighted by Gasteiger charge is -2.29. The van der Waals surface area contributed by atoms with Crippen molar-refractivity contribution in [1.82, 2.24) is 3.71 Å². The van der Waals surface area contributed by atoms with Gasteiger partial charge in [-0.25, -0.2) is 16.8 Å². The number of sulfonamides is 2. The van der Waals surface area contributed by atoms with E-state index < -0.39 is 65.6 Å². The molecule has 0 amide bonds. The normalized spacial score (nSPS) is 14.2. The van der Waals surface area contributed by atoms with Crippen molar-refractivity contribution in [3.05, 3.63) is 60.2 Å². The third-order valence-corrected chi connectivity index (χ3v) is 8.85. The summed E-state index contributed by atoms with van der Waals surface area (Å²) in [4.78, 5) is 10.6. The molecule has 1 unspecified atom stereocenters. The molecule has 0 saturated carbocycles. The molecule has 2 rings (SSSR count). The van der Waals surface area contributed by atoms with E-state index in [1.54, 1.807) is 20.8 Å². The number of benzene rings is 2. The smallest absolute Gasteiger partial charge is 0.417 e. The number of hydrogen-bond acceptors (Lipinski definition) is 6. The Kier molecular flexibility index (Phi) is 7.66. The number of halogens is 3. The van der Waals surface area contributed by atoms with Gasteiger partial charge in [0, 0.05) is 6.04 Å². The SMILES string of the molecule is CC(CC(=O)OC(C)(C)C)N(S(=O)(=O)c1ccccc1)S(=O)(=O)c1ccccc1C(F)(F)F. The first kappa shape index (κ1) is 26.8. The summed E-state index contributed by atoms with van der Waals surface area (Å²) in [6.45, 7) is 5.79. The third-order valence-electron chi connectivity index (χ3n) is 4.23. The number of alkyl halides is 3. The third kappa shape index (κ3) is 6.33. The van der Waals surface area contributed by atoms with Crippen molar-refractivity contribution in [2.24, 2.45) is 0 Å². The van der Waals surface area contributed by atoms with Crippen LogP contribution in [0.15, 0.2) is 64.4 Å². The maximum Gasteiger partial charge on any atom is 0.417 e. The number of ether oxygens (including phenoxy) is 1. The van der Waals surface area contributed by atoms with Gasteiger partial charge in [0.1, 0.15) is 5.60 Å². The van der Waals surface area contributed by atoms with Gasteiger partial charge in [-0.1, -0.05) is 34.0 Å². The molecule has 0 radical (unpaired) electrons. The molecule has 0 bridgehead atoms. The Morgan fingerprint density at radius 1 is 0.909 bits per heavy atom. The highest BCUT2D eigenvalue weighted by molar-refractivity contribution is 8.04. The van der Waals surface area contributed by atoms with Gasteiger partial charge in [0.05, 0.1) is 21.8 Å². The summed E-state index contributed by atoms with van der Waals surface area (Å²) in [5.41, 5.74) is -2.47. The topological polar surface area (TPSA) is 97.8 Å². The van der Waals surface area contributed by atoms with E-state index in [0.717, 1.165) is 31.2 Å². The molecule has 2 aromatic rings. The molecule has 0 N–H and O–H groups in total. The van der Waals surface area contributed by atoms with Gasteiger partial charge < -0.3 is 4.74 Å². The minimum atomic E-state index is -5.29. The standard InChI is InChI=1S/C21H24F3NO6S2/c1-15(14-19(26)31-20(2,3)4)25(32(27,28)16-10-6-5-7-11-16)33(29,30)18-13-9-8-12-17(18)21(22,23)24/h5-13,15H,14H2,1-4H3. The van der Waals surface area contributed by atoms with Crippen LogP contribution < -0.4 is 0 Å². The summed E-state index contributed by atoms with van der Waals surface area (Å²) >= 11 is 0. The van der Waals surface area contributed by atoms with Crippen LogP contribution in [-0.4, -0.2) is 38.2 Å². The lowest BCUT2D eigenvalue weighted by Crippen LogP contribution is -2.45. The Bertz CT molecular complexity index is 1200. The number of rotatable bonds is 7. The highest BCUT2D eigenvalue weighted by Gasteiger charge is 2.45. The van der Waals surface area contributed by atoms with Crippen molar-refractivity contribution in [2.75, 3.05) is 0 Å². The van der Waals surface area contributed by atoms with E-state index in [9.17, 15) is 34.8 Å². The van der Waals surface area contributed by atoms with E-state index in [1.807, 2.05) is 0 Å². The molecule has 0 spiro atoms. The lowest BCUT2D eigenvalue weighted by atomic mass is 10.2. The van der Waals surface area contributed by atoms with Gasteiger partial charge in [0.15, 0.2) is 0 Å². The van der Waals surface area contributed by atoms with Crippen molar-refractivity contribution < 1.29 is 39.5 Å². The fraction of sp³-hybridized carbons (Fsp3) is 0.381. The van der Waals surface area contributed by atoms with Crippen LogP contribution in [0.2, 0.25) is 0 Å². The molecule has 0 aromatic heterocycles. The minimum Gasteiger partial charge on any atom is -0.460 e. The molecule has 0 aliphatic heterocycles. The molecule has 0 fully saturated rings. The van der Waals surface area contributed by atoms with Crippen molar-refractivity contribution in [1.29, 1.82) is 0 Å². The molecule has 0 aliphatic carbocycles. The maximum atomic E-state index is 13.6. The van der Waals surface area contributed by atoms with Crippen LogP contribution in [0, 0.1) is 0 Å². The fourth-order valence-electron chi connectivity index (χ4n) is 3.02. The van der Waals surface area contributed by atoms with Crippen LogP contribution in [0.5, 0.6) is 0 Å². The first-order valence-electron chi connectivity index (χ1n) is 9.70. The monoisotopic (exact) mass is 507 g/mol. The summed E-state index contributed by atoms with van der Waals surface area (Å²) in [5.74, 6) is -0.914. The van der Waals surface area contributed by atoms with Gasteiger partial charge >= 0.3 is 12.1 Å². The summed E-state index contributed by atoms with van der Waals surface area (Å²) in [5, 5.41) is 0. The minimum absolute atomic E-state index is 0.0518. The summed E-state index contributed by atoms with van der Waals surface area (Å²) in [7, 11) is -10.2. The van der Waals surface area contributed by atoms with Crippen LogP contribution in [0.25, 0.3) is 0 Å². The van der Waals surface area contributed by atoms with Gasteiger partial charge in [0.25, 0.3) is 20.0 Å². The molecule has 0 saturated heterocycles. The quantitative estimate of drug-likeness (QED) is 0.521. The number of carbonyl (C=O) groups is 1. The zero-order chi connectivity index (χ0) is 25.2. The van der Waals surface area contributed by atoms with Crippen molar-refractivity contribution in [3.63, 3.8) is 0 Å². The highest BCUT2D eigenvalue weighted by atomic mass is 32.3. The van der Waals surface area contributed by atoms with Gasteiger partial charge in [-0.3, -0.25) is 4.79 Å². The number of hydrogen-bond donors (Lipinski definition) is 0. The van der Waals surface area contributed by atoms with Crippen molar-refractivity contribution in [3.8, 4) is 0 Å². The van der Waals surface area contributed by atoms with E-state index in [0.29, 0.717) is 12.1 Å². The van der Waals surface area contributed by atoms with Crippen molar-refractivity contribution >= 4 is 26.0 Å². The van der Waals surface area contributed by atoms with Gasteiger partial charge in [-0.05, 0) is 52.0 Å². The van der Waals surface area contributed by atoms with Gasteiger partial charge in [0.2, 0.25) is 0 Å². The second kappa shape index (κ2) is 9.43. The van der Waals surface area contributed by atoms with E-state index in [4.69, 9.17) is 4.74 Å². The van der Waals surface area contributed by atoms with E-state index in [2.05, 4.69) is 0 Å². The highest BCUT2D eigenvalue weighted by Crippen LogP contribution is 2.37. The van der Waals surface area contributed by atoms with Crippen LogP contribution in [-0.2, 0) is 35.8 Å². The Morgan fingerprint density at radius 2 is 1.42 bits per heavy atom.